The number of nitrogens with two attached hydrogens (primary N) is 1. The van der Waals surface area contributed by atoms with Crippen LogP contribution in [0.25, 0.3) is 0 Å². The van der Waals surface area contributed by atoms with Crippen molar-refractivity contribution < 1.29 is 18.0 Å². The van der Waals surface area contributed by atoms with E-state index in [-0.39, 0.29) is 5.56 Å². The van der Waals surface area contributed by atoms with Gasteiger partial charge >= 0.3 is 6.18 Å². The van der Waals surface area contributed by atoms with Crippen LogP contribution in [0, 0.1) is 5.92 Å². The van der Waals surface area contributed by atoms with Crippen molar-refractivity contribution in [2.45, 2.75) is 37.9 Å². The molecule has 1 aliphatic rings. The van der Waals surface area contributed by atoms with Gasteiger partial charge in [0.1, 0.15) is 6.04 Å². The summed E-state index contributed by atoms with van der Waals surface area (Å²) < 4.78 is 39.3. The fourth-order valence-corrected chi connectivity index (χ4v) is 2.66. The predicted octanol–water partition coefficient (Wildman–Crippen LogP) is 3.12. The summed E-state index contributed by atoms with van der Waals surface area (Å²) in [4.78, 5) is 11.9. The van der Waals surface area contributed by atoms with Gasteiger partial charge in [-0.2, -0.15) is 13.2 Å². The Bertz CT molecular complexity index is 482. The van der Waals surface area contributed by atoms with Crippen LogP contribution in [-0.2, 0) is 0 Å². The number of carbonyl (C=O) groups excluding carboxylic acids is 1. The standard InChI is InChI=1S/C14H17F3N2O/c15-14(16,17)12(9-4-1-2-5-9)19-13(20)10-6-3-7-11(18)8-10/h3,6-9,12H,1-2,4-5,18H2,(H,19,20). The number of anilines is 1. The predicted molar refractivity (Wildman–Crippen MR) is 70.1 cm³/mol. The molecule has 6 heteroatoms. The molecule has 0 saturated heterocycles. The lowest BCUT2D eigenvalue weighted by atomic mass is 9.97. The first-order valence-corrected chi connectivity index (χ1v) is 6.61. The summed E-state index contributed by atoms with van der Waals surface area (Å²) in [7, 11) is 0. The van der Waals surface area contributed by atoms with E-state index in [1.54, 1.807) is 12.1 Å². The lowest BCUT2D eigenvalue weighted by molar-refractivity contribution is -0.164. The molecule has 0 aliphatic heterocycles. The van der Waals surface area contributed by atoms with Gasteiger partial charge in [0.05, 0.1) is 0 Å². The van der Waals surface area contributed by atoms with Gasteiger partial charge in [0.15, 0.2) is 0 Å². The highest BCUT2D eigenvalue weighted by atomic mass is 19.4. The average molecular weight is 286 g/mol. The first-order chi connectivity index (χ1) is 9.38. The quantitative estimate of drug-likeness (QED) is 0.839. The zero-order chi connectivity index (χ0) is 14.8. The molecule has 0 bridgehead atoms. The summed E-state index contributed by atoms with van der Waals surface area (Å²) in [6, 6.07) is 4.17. The zero-order valence-electron chi connectivity index (χ0n) is 10.9. The number of rotatable bonds is 3. The Morgan fingerprint density at radius 2 is 1.95 bits per heavy atom. The van der Waals surface area contributed by atoms with Gasteiger partial charge in [-0.05, 0) is 37.0 Å². The number of hydrogen-bond acceptors (Lipinski definition) is 2. The van der Waals surface area contributed by atoms with Crippen molar-refractivity contribution in [3.8, 4) is 0 Å². The number of halogens is 3. The number of benzene rings is 1. The third-order valence-corrected chi connectivity index (χ3v) is 3.66. The SMILES string of the molecule is Nc1cccc(C(=O)NC(C2CCCC2)C(F)(F)F)c1. The Kier molecular flexibility index (Phi) is 4.20. The Labute approximate surface area is 115 Å². The van der Waals surface area contributed by atoms with E-state index in [4.69, 9.17) is 5.73 Å². The maximum atomic E-state index is 13.1. The molecule has 0 spiro atoms. The summed E-state index contributed by atoms with van der Waals surface area (Å²) in [5.74, 6) is -1.26. The van der Waals surface area contributed by atoms with E-state index < -0.39 is 24.0 Å². The van der Waals surface area contributed by atoms with E-state index in [9.17, 15) is 18.0 Å². The highest BCUT2D eigenvalue weighted by molar-refractivity contribution is 5.95. The van der Waals surface area contributed by atoms with Crippen LogP contribution in [0.5, 0.6) is 0 Å². The van der Waals surface area contributed by atoms with Gasteiger partial charge in [0.25, 0.3) is 5.91 Å². The summed E-state index contributed by atoms with van der Waals surface area (Å²) in [6.07, 6.45) is -1.86. The minimum Gasteiger partial charge on any atom is -0.399 e. The van der Waals surface area contributed by atoms with Gasteiger partial charge in [-0.15, -0.1) is 0 Å². The topological polar surface area (TPSA) is 55.1 Å². The van der Waals surface area contributed by atoms with Crippen LogP contribution in [0.3, 0.4) is 0 Å². The molecule has 110 valence electrons. The van der Waals surface area contributed by atoms with E-state index >= 15 is 0 Å². The van der Waals surface area contributed by atoms with Crippen molar-refractivity contribution in [2.75, 3.05) is 5.73 Å². The van der Waals surface area contributed by atoms with Crippen LogP contribution in [-0.4, -0.2) is 18.1 Å². The fraction of sp³-hybridized carbons (Fsp3) is 0.500. The van der Waals surface area contributed by atoms with Crippen LogP contribution < -0.4 is 11.1 Å². The highest BCUT2D eigenvalue weighted by Crippen LogP contribution is 2.35. The number of alkyl halides is 3. The first kappa shape index (κ1) is 14.7. The van der Waals surface area contributed by atoms with Gasteiger partial charge in [0, 0.05) is 11.3 Å². The molecule has 0 radical (unpaired) electrons. The monoisotopic (exact) mass is 286 g/mol. The average Bonchev–Trinajstić information content (AvgIpc) is 2.87. The van der Waals surface area contributed by atoms with Gasteiger partial charge < -0.3 is 11.1 Å². The molecule has 20 heavy (non-hydrogen) atoms. The van der Waals surface area contributed by atoms with E-state index in [0.29, 0.717) is 18.5 Å². The minimum absolute atomic E-state index is 0.150. The molecule has 1 unspecified atom stereocenters. The van der Waals surface area contributed by atoms with Gasteiger partial charge in [0.2, 0.25) is 0 Å². The van der Waals surface area contributed by atoms with E-state index in [2.05, 4.69) is 5.32 Å². The Morgan fingerprint density at radius 1 is 1.30 bits per heavy atom. The summed E-state index contributed by atoms with van der Waals surface area (Å²) in [5, 5.41) is 2.12. The Morgan fingerprint density at radius 3 is 2.50 bits per heavy atom. The molecule has 0 aromatic heterocycles. The third-order valence-electron chi connectivity index (χ3n) is 3.66. The fourth-order valence-electron chi connectivity index (χ4n) is 2.66. The zero-order valence-corrected chi connectivity index (χ0v) is 10.9. The molecule has 1 amide bonds. The summed E-state index contributed by atoms with van der Waals surface area (Å²) in [6.45, 7) is 0. The first-order valence-electron chi connectivity index (χ1n) is 6.61. The van der Waals surface area contributed by atoms with Gasteiger partial charge in [-0.1, -0.05) is 18.9 Å². The van der Waals surface area contributed by atoms with Gasteiger partial charge in [-0.3, -0.25) is 4.79 Å². The van der Waals surface area contributed by atoms with Crippen LogP contribution in [0.2, 0.25) is 0 Å². The molecule has 1 aliphatic carbocycles. The van der Waals surface area contributed by atoms with E-state index in [1.165, 1.54) is 12.1 Å². The smallest absolute Gasteiger partial charge is 0.399 e. The number of hydrogen-bond donors (Lipinski definition) is 2. The van der Waals surface area contributed by atoms with E-state index in [1.807, 2.05) is 0 Å². The second kappa shape index (κ2) is 5.73. The molecule has 1 saturated carbocycles. The number of amides is 1. The van der Waals surface area contributed by atoms with Gasteiger partial charge in [-0.25, -0.2) is 0 Å². The molecule has 0 heterocycles. The van der Waals surface area contributed by atoms with Crippen LogP contribution in [0.15, 0.2) is 24.3 Å². The Balaban J connectivity index is 2.13. The molecule has 2 rings (SSSR count). The number of nitrogens with one attached hydrogen (secondary N) is 1. The Hall–Kier alpha value is -1.72. The molecule has 1 fully saturated rings. The van der Waals surface area contributed by atoms with Crippen molar-refractivity contribution in [3.05, 3.63) is 29.8 Å². The van der Waals surface area contributed by atoms with Crippen LogP contribution in [0.1, 0.15) is 36.0 Å². The second-order valence-corrected chi connectivity index (χ2v) is 5.16. The van der Waals surface area contributed by atoms with E-state index in [0.717, 1.165) is 12.8 Å². The maximum Gasteiger partial charge on any atom is 0.408 e. The molecule has 3 nitrogen and oxygen atoms in total. The third kappa shape index (κ3) is 3.43. The molecule has 1 atom stereocenters. The number of carbonyl (C=O) groups is 1. The van der Waals surface area contributed by atoms with Crippen molar-refractivity contribution in [1.82, 2.24) is 5.32 Å². The van der Waals surface area contributed by atoms with Crippen molar-refractivity contribution in [3.63, 3.8) is 0 Å². The highest BCUT2D eigenvalue weighted by Gasteiger charge is 2.46. The molecular weight excluding hydrogens is 269 g/mol. The summed E-state index contributed by atoms with van der Waals surface area (Å²) in [5.41, 5.74) is 6.03. The van der Waals surface area contributed by atoms with Crippen molar-refractivity contribution in [2.24, 2.45) is 5.92 Å². The molecule has 1 aromatic carbocycles. The largest absolute Gasteiger partial charge is 0.408 e. The maximum absolute atomic E-state index is 13.1. The molecule has 3 N–H and O–H groups in total. The second-order valence-electron chi connectivity index (χ2n) is 5.16. The normalized spacial score (nSPS) is 17.9. The number of nitrogen functional groups attached to an aromatic ring is 1. The van der Waals surface area contributed by atoms with Crippen molar-refractivity contribution >= 4 is 11.6 Å². The van der Waals surface area contributed by atoms with Crippen LogP contribution in [0.4, 0.5) is 18.9 Å². The summed E-state index contributed by atoms with van der Waals surface area (Å²) >= 11 is 0. The van der Waals surface area contributed by atoms with Crippen LogP contribution >= 0.6 is 0 Å². The lowest BCUT2D eigenvalue weighted by Crippen LogP contribution is -2.49. The molecular formula is C14H17F3N2O. The lowest BCUT2D eigenvalue weighted by Gasteiger charge is -2.27. The van der Waals surface area contributed by atoms with Crippen molar-refractivity contribution in [1.29, 1.82) is 0 Å². The molecule has 1 aromatic rings. The minimum atomic E-state index is -4.43.